The third-order valence-electron chi connectivity index (χ3n) is 2.56. The Morgan fingerprint density at radius 2 is 2.29 bits per heavy atom. The first-order chi connectivity index (χ1) is 8.20. The van der Waals surface area contributed by atoms with E-state index in [1.807, 2.05) is 19.1 Å². The lowest BCUT2D eigenvalue weighted by Crippen LogP contribution is -2.14. The number of allylic oxidation sites excluding steroid dienone is 1. The minimum atomic E-state index is -0.404. The van der Waals surface area contributed by atoms with Gasteiger partial charge in [0.25, 0.3) is 0 Å². The van der Waals surface area contributed by atoms with Gasteiger partial charge in [-0.05, 0) is 31.4 Å². The third-order valence-corrected chi connectivity index (χ3v) is 2.56. The first kappa shape index (κ1) is 13.3. The van der Waals surface area contributed by atoms with Crippen LogP contribution in [0.5, 0.6) is 5.75 Å². The molecule has 0 aliphatic carbocycles. The lowest BCUT2D eigenvalue weighted by atomic mass is 10.0. The molecule has 0 aliphatic rings. The van der Waals surface area contributed by atoms with Crippen molar-refractivity contribution in [3.8, 4) is 5.75 Å². The van der Waals surface area contributed by atoms with Crippen molar-refractivity contribution in [2.45, 2.75) is 26.2 Å². The Hall–Kier alpha value is -1.77. The van der Waals surface area contributed by atoms with E-state index in [0.717, 1.165) is 30.6 Å². The van der Waals surface area contributed by atoms with Crippen molar-refractivity contribution >= 4 is 5.91 Å². The number of hydrogen-bond donors (Lipinski definition) is 1. The van der Waals surface area contributed by atoms with Gasteiger partial charge in [-0.1, -0.05) is 19.1 Å². The first-order valence-corrected chi connectivity index (χ1v) is 5.86. The summed E-state index contributed by atoms with van der Waals surface area (Å²) in [5.74, 6) is 0.353. The molecule has 0 unspecified atom stereocenters. The highest BCUT2D eigenvalue weighted by atomic mass is 16.5. The van der Waals surface area contributed by atoms with Crippen LogP contribution in [-0.4, -0.2) is 12.5 Å². The molecule has 1 aromatic carbocycles. The third kappa shape index (κ3) is 3.63. The Morgan fingerprint density at radius 3 is 2.88 bits per heavy atom. The van der Waals surface area contributed by atoms with Gasteiger partial charge in [-0.2, -0.15) is 0 Å². The van der Waals surface area contributed by atoms with E-state index in [-0.39, 0.29) is 0 Å². The lowest BCUT2D eigenvalue weighted by Gasteiger charge is -2.12. The molecule has 0 heterocycles. The van der Waals surface area contributed by atoms with Gasteiger partial charge in [0.15, 0.2) is 0 Å². The molecule has 0 fully saturated rings. The van der Waals surface area contributed by atoms with Gasteiger partial charge in [0.05, 0.1) is 6.61 Å². The Labute approximate surface area is 102 Å². The number of hydrogen-bond acceptors (Lipinski definition) is 2. The Balaban J connectivity index is 2.80. The van der Waals surface area contributed by atoms with Gasteiger partial charge in [-0.15, -0.1) is 6.58 Å². The molecule has 1 aromatic rings. The number of benzene rings is 1. The summed E-state index contributed by atoms with van der Waals surface area (Å²) in [6, 6.07) is 5.40. The molecule has 0 saturated heterocycles. The van der Waals surface area contributed by atoms with E-state index in [1.165, 1.54) is 0 Å². The Kier molecular flexibility index (Phi) is 5.27. The van der Waals surface area contributed by atoms with Crippen LogP contribution in [0.2, 0.25) is 0 Å². The zero-order chi connectivity index (χ0) is 12.7. The predicted molar refractivity (Wildman–Crippen MR) is 69.3 cm³/mol. The van der Waals surface area contributed by atoms with Crippen LogP contribution >= 0.6 is 0 Å². The molecule has 0 radical (unpaired) electrons. The second-order valence-electron chi connectivity index (χ2n) is 3.78. The van der Waals surface area contributed by atoms with Crippen molar-refractivity contribution in [3.05, 3.63) is 42.0 Å². The van der Waals surface area contributed by atoms with E-state index in [2.05, 4.69) is 6.58 Å². The minimum Gasteiger partial charge on any atom is -0.493 e. The highest BCUT2D eigenvalue weighted by Crippen LogP contribution is 2.23. The van der Waals surface area contributed by atoms with Gasteiger partial charge in [0, 0.05) is 11.1 Å². The SMILES string of the molecule is C=CCCCOc1cccc(C(N)=O)c1CC. The van der Waals surface area contributed by atoms with Crippen LogP contribution in [0.4, 0.5) is 0 Å². The van der Waals surface area contributed by atoms with Gasteiger partial charge in [-0.3, -0.25) is 4.79 Å². The molecule has 0 aromatic heterocycles. The number of amides is 1. The van der Waals surface area contributed by atoms with Gasteiger partial charge in [0.1, 0.15) is 5.75 Å². The highest BCUT2D eigenvalue weighted by Gasteiger charge is 2.11. The van der Waals surface area contributed by atoms with E-state index in [9.17, 15) is 4.79 Å². The highest BCUT2D eigenvalue weighted by molar-refractivity contribution is 5.95. The number of ether oxygens (including phenoxy) is 1. The van der Waals surface area contributed by atoms with Crippen LogP contribution < -0.4 is 10.5 Å². The maximum Gasteiger partial charge on any atom is 0.249 e. The molecule has 3 nitrogen and oxygen atoms in total. The van der Waals surface area contributed by atoms with Crippen molar-refractivity contribution in [2.75, 3.05) is 6.61 Å². The maximum atomic E-state index is 11.3. The number of carbonyl (C=O) groups excluding carboxylic acids is 1. The van der Waals surface area contributed by atoms with E-state index < -0.39 is 5.91 Å². The summed E-state index contributed by atoms with van der Waals surface area (Å²) in [6.45, 7) is 6.27. The van der Waals surface area contributed by atoms with Crippen LogP contribution in [-0.2, 0) is 6.42 Å². The van der Waals surface area contributed by atoms with Crippen LogP contribution in [0.25, 0.3) is 0 Å². The summed E-state index contributed by atoms with van der Waals surface area (Å²) in [4.78, 5) is 11.3. The average Bonchev–Trinajstić information content (AvgIpc) is 2.34. The number of rotatable bonds is 7. The fourth-order valence-electron chi connectivity index (χ4n) is 1.71. The molecule has 0 saturated carbocycles. The van der Waals surface area contributed by atoms with Gasteiger partial charge >= 0.3 is 0 Å². The number of unbranched alkanes of at least 4 members (excludes halogenated alkanes) is 1. The van der Waals surface area contributed by atoms with Crippen molar-refractivity contribution < 1.29 is 9.53 Å². The molecule has 1 amide bonds. The van der Waals surface area contributed by atoms with Gasteiger partial charge in [0.2, 0.25) is 5.91 Å². The summed E-state index contributed by atoms with van der Waals surface area (Å²) in [5.41, 5.74) is 6.76. The molecule has 0 atom stereocenters. The van der Waals surface area contributed by atoms with Crippen molar-refractivity contribution in [1.29, 1.82) is 0 Å². The summed E-state index contributed by atoms with van der Waals surface area (Å²) in [6.07, 6.45) is 4.45. The van der Waals surface area contributed by atoms with Crippen LogP contribution in [0.3, 0.4) is 0 Å². The van der Waals surface area contributed by atoms with Crippen molar-refractivity contribution in [2.24, 2.45) is 5.73 Å². The topological polar surface area (TPSA) is 52.3 Å². The van der Waals surface area contributed by atoms with E-state index in [1.54, 1.807) is 12.1 Å². The Morgan fingerprint density at radius 1 is 1.53 bits per heavy atom. The molecule has 17 heavy (non-hydrogen) atoms. The summed E-state index contributed by atoms with van der Waals surface area (Å²) in [5, 5.41) is 0. The summed E-state index contributed by atoms with van der Waals surface area (Å²) >= 11 is 0. The van der Waals surface area contributed by atoms with Crippen LogP contribution in [0.15, 0.2) is 30.9 Å². The molecule has 0 spiro atoms. The monoisotopic (exact) mass is 233 g/mol. The summed E-state index contributed by atoms with van der Waals surface area (Å²) in [7, 11) is 0. The molecule has 0 aliphatic heterocycles. The maximum absolute atomic E-state index is 11.3. The van der Waals surface area contributed by atoms with E-state index in [4.69, 9.17) is 10.5 Å². The number of primary amides is 1. The van der Waals surface area contributed by atoms with Crippen molar-refractivity contribution in [1.82, 2.24) is 0 Å². The fourth-order valence-corrected chi connectivity index (χ4v) is 1.71. The van der Waals surface area contributed by atoms with Crippen LogP contribution in [0.1, 0.15) is 35.7 Å². The zero-order valence-electron chi connectivity index (χ0n) is 10.2. The second-order valence-corrected chi connectivity index (χ2v) is 3.78. The quantitative estimate of drug-likeness (QED) is 0.581. The van der Waals surface area contributed by atoms with Crippen LogP contribution in [0, 0.1) is 0 Å². The molecular weight excluding hydrogens is 214 g/mol. The largest absolute Gasteiger partial charge is 0.493 e. The van der Waals surface area contributed by atoms with Gasteiger partial charge in [-0.25, -0.2) is 0 Å². The van der Waals surface area contributed by atoms with Crippen molar-refractivity contribution in [3.63, 3.8) is 0 Å². The molecule has 2 N–H and O–H groups in total. The molecule has 3 heteroatoms. The van der Waals surface area contributed by atoms with E-state index >= 15 is 0 Å². The zero-order valence-corrected chi connectivity index (χ0v) is 10.2. The second kappa shape index (κ2) is 6.74. The predicted octanol–water partition coefficient (Wildman–Crippen LogP) is 2.69. The standard InChI is InChI=1S/C14H19NO2/c1-3-5-6-10-17-13-9-7-8-12(14(15)16)11(13)4-2/h3,7-9H,1,4-6,10H2,2H3,(H2,15,16). The minimum absolute atomic E-state index is 0.404. The normalized spacial score (nSPS) is 9.94. The number of nitrogens with two attached hydrogens (primary N) is 1. The molecule has 1 rings (SSSR count). The first-order valence-electron chi connectivity index (χ1n) is 5.86. The van der Waals surface area contributed by atoms with Gasteiger partial charge < -0.3 is 10.5 Å². The smallest absolute Gasteiger partial charge is 0.249 e. The fraction of sp³-hybridized carbons (Fsp3) is 0.357. The average molecular weight is 233 g/mol. The van der Waals surface area contributed by atoms with E-state index in [0.29, 0.717) is 12.2 Å². The number of carbonyl (C=O) groups is 1. The molecule has 0 bridgehead atoms. The Bertz CT molecular complexity index is 399. The molecular formula is C14H19NO2. The lowest BCUT2D eigenvalue weighted by molar-refractivity contribution is 0.0999. The summed E-state index contributed by atoms with van der Waals surface area (Å²) < 4.78 is 5.67. The molecule has 92 valence electrons.